The maximum atomic E-state index is 5.95. The van der Waals surface area contributed by atoms with E-state index in [4.69, 9.17) is 6.42 Å². The van der Waals surface area contributed by atoms with Crippen LogP contribution < -0.4 is 10.4 Å². The van der Waals surface area contributed by atoms with E-state index in [1.807, 2.05) is 106 Å². The Morgan fingerprint density at radius 1 is 0.548 bits per heavy atom. The molecular formula is C33H23NS8. The number of rotatable bonds is 4. The number of aromatic nitrogens is 1. The summed E-state index contributed by atoms with van der Waals surface area (Å²) < 4.78 is 8.04. The average Bonchev–Trinajstić information content (AvgIpc) is 3.66. The summed E-state index contributed by atoms with van der Waals surface area (Å²) in [4.78, 5) is 4.13. The highest BCUT2D eigenvalue weighted by molar-refractivity contribution is 8.46. The van der Waals surface area contributed by atoms with Gasteiger partial charge in [0.15, 0.2) is 0 Å². The first-order valence-electron chi connectivity index (χ1n) is 12.6. The third-order valence-electron chi connectivity index (χ3n) is 6.54. The van der Waals surface area contributed by atoms with Gasteiger partial charge in [0.25, 0.3) is 0 Å². The van der Waals surface area contributed by atoms with Gasteiger partial charge in [0.05, 0.1) is 25.4 Å². The molecule has 208 valence electrons. The quantitative estimate of drug-likeness (QED) is 0.152. The first-order chi connectivity index (χ1) is 20.6. The van der Waals surface area contributed by atoms with E-state index in [1.165, 1.54) is 57.4 Å². The lowest BCUT2D eigenvalue weighted by Crippen LogP contribution is -2.17. The van der Waals surface area contributed by atoms with E-state index in [1.54, 1.807) is 12.4 Å². The Balaban J connectivity index is 1.73. The molecule has 0 spiro atoms. The Morgan fingerprint density at radius 2 is 0.976 bits per heavy atom. The van der Waals surface area contributed by atoms with Crippen molar-refractivity contribution in [3.05, 3.63) is 105 Å². The number of hydrogen-bond acceptors (Lipinski definition) is 9. The fraction of sp³-hybridized carbons (Fsp3) is 0.121. The number of hydrogen-bond donors (Lipinski definition) is 0. The van der Waals surface area contributed by atoms with Gasteiger partial charge in [-0.2, -0.15) is 0 Å². The lowest BCUT2D eigenvalue weighted by atomic mass is 9.96. The summed E-state index contributed by atoms with van der Waals surface area (Å²) in [5.41, 5.74) is 2.85. The zero-order chi connectivity index (χ0) is 29.2. The highest BCUT2D eigenvalue weighted by atomic mass is 32.3. The van der Waals surface area contributed by atoms with E-state index in [-0.39, 0.29) is 0 Å². The maximum absolute atomic E-state index is 5.95. The summed E-state index contributed by atoms with van der Waals surface area (Å²) in [7, 11) is 0. The molecule has 6 rings (SSSR count). The summed E-state index contributed by atoms with van der Waals surface area (Å²) >= 11 is 14.8. The molecule has 2 aliphatic heterocycles. The first-order valence-corrected chi connectivity index (χ1v) is 20.8. The molecule has 42 heavy (non-hydrogen) atoms. The van der Waals surface area contributed by atoms with Gasteiger partial charge in [0.2, 0.25) is 0 Å². The zero-order valence-electron chi connectivity index (χ0n) is 23.1. The molecule has 4 aromatic rings. The largest absolute Gasteiger partial charge is 0.265 e. The van der Waals surface area contributed by atoms with Gasteiger partial charge < -0.3 is 0 Å². The van der Waals surface area contributed by atoms with E-state index in [0.29, 0.717) is 0 Å². The van der Waals surface area contributed by atoms with Crippen LogP contribution in [0.1, 0.15) is 16.7 Å². The predicted octanol–water partition coefficient (Wildman–Crippen LogP) is 9.57. The molecule has 0 N–H and O–H groups in total. The van der Waals surface area contributed by atoms with Gasteiger partial charge in [-0.25, -0.2) is 0 Å². The van der Waals surface area contributed by atoms with Crippen molar-refractivity contribution in [1.29, 1.82) is 0 Å². The lowest BCUT2D eigenvalue weighted by molar-refractivity contribution is 1.32. The number of nitrogens with zero attached hydrogens (tertiary/aromatic N) is 1. The van der Waals surface area contributed by atoms with Crippen LogP contribution in [-0.4, -0.2) is 30.0 Å². The van der Waals surface area contributed by atoms with Gasteiger partial charge in [-0.15, -0.1) is 53.5 Å². The van der Waals surface area contributed by atoms with Crippen molar-refractivity contribution in [3.8, 4) is 24.2 Å². The standard InChI is InChI=1S/C33H23NS8/c1-6-19-9-11-22-24(17-19)26(28-39-30(35-2)31(36-3)40-28)23-12-10-21(8-7-20-13-15-34-16-14-20)18-25(23)27(22)29-41-32(37-4)33(38-5)42-29/h1,9-18H,2-5H3. The van der Waals surface area contributed by atoms with Gasteiger partial charge in [-0.05, 0) is 83.0 Å². The SMILES string of the molecule is C#Cc1ccc2c(=C3SC(SC)=C(SC)S3)c3cc(C#Cc4ccncc4)ccc3c(=C3SC(SC)=C(SC)S3)c2c1. The molecule has 0 fully saturated rings. The second-order valence-corrected chi connectivity index (χ2v) is 17.7. The van der Waals surface area contributed by atoms with Crippen molar-refractivity contribution in [1.82, 2.24) is 4.98 Å². The van der Waals surface area contributed by atoms with Crippen molar-refractivity contribution < 1.29 is 0 Å². The minimum Gasteiger partial charge on any atom is -0.265 e. The molecular weight excluding hydrogens is 667 g/mol. The van der Waals surface area contributed by atoms with Crippen LogP contribution in [0.2, 0.25) is 0 Å². The molecule has 1 nitrogen and oxygen atoms in total. The Bertz CT molecular complexity index is 2010. The Labute approximate surface area is 280 Å². The van der Waals surface area contributed by atoms with Gasteiger partial charge in [-0.1, -0.05) is 76.9 Å². The predicted molar refractivity (Wildman–Crippen MR) is 204 cm³/mol. The first kappa shape index (κ1) is 30.5. The molecule has 0 saturated carbocycles. The van der Waals surface area contributed by atoms with Crippen LogP contribution in [0, 0.1) is 24.2 Å². The van der Waals surface area contributed by atoms with E-state index >= 15 is 0 Å². The fourth-order valence-corrected chi connectivity index (χ4v) is 14.9. The zero-order valence-corrected chi connectivity index (χ0v) is 29.6. The minimum atomic E-state index is 0.898. The van der Waals surface area contributed by atoms with Gasteiger partial charge >= 0.3 is 0 Å². The molecule has 0 radical (unpaired) electrons. The topological polar surface area (TPSA) is 12.9 Å². The van der Waals surface area contributed by atoms with Gasteiger partial charge in [0.1, 0.15) is 0 Å². The van der Waals surface area contributed by atoms with Crippen LogP contribution in [0.15, 0.2) is 77.9 Å². The fourth-order valence-electron chi connectivity index (χ4n) is 4.66. The maximum Gasteiger partial charge on any atom is 0.0657 e. The van der Waals surface area contributed by atoms with Crippen molar-refractivity contribution in [2.24, 2.45) is 0 Å². The van der Waals surface area contributed by atoms with Crippen LogP contribution in [0.4, 0.5) is 0 Å². The second kappa shape index (κ2) is 13.6. The molecule has 0 bridgehead atoms. The van der Waals surface area contributed by atoms with Crippen molar-refractivity contribution in [2.45, 2.75) is 0 Å². The average molecular weight is 690 g/mol. The summed E-state index contributed by atoms with van der Waals surface area (Å²) in [6.45, 7) is 0. The highest BCUT2D eigenvalue weighted by Gasteiger charge is 2.25. The Hall–Kier alpha value is -1.53. The van der Waals surface area contributed by atoms with Crippen LogP contribution in [0.25, 0.3) is 30.0 Å². The van der Waals surface area contributed by atoms with Crippen LogP contribution in [-0.2, 0) is 0 Å². The van der Waals surface area contributed by atoms with E-state index < -0.39 is 0 Å². The number of fused-ring (bicyclic) bond motifs is 2. The molecule has 3 aromatic carbocycles. The second-order valence-electron chi connectivity index (χ2n) is 8.85. The van der Waals surface area contributed by atoms with Crippen molar-refractivity contribution in [2.75, 3.05) is 25.0 Å². The molecule has 0 unspecified atom stereocenters. The van der Waals surface area contributed by atoms with Gasteiger partial charge in [-0.3, -0.25) is 4.98 Å². The molecule has 1 aromatic heterocycles. The molecule has 0 atom stereocenters. The molecule has 3 heterocycles. The van der Waals surface area contributed by atoms with Gasteiger partial charge in [0, 0.05) is 39.5 Å². The lowest BCUT2D eigenvalue weighted by Gasteiger charge is -2.12. The number of terminal acetylenes is 1. The van der Waals surface area contributed by atoms with E-state index in [2.05, 4.69) is 84.2 Å². The molecule has 0 amide bonds. The Morgan fingerprint density at radius 3 is 1.43 bits per heavy atom. The summed E-state index contributed by atoms with van der Waals surface area (Å²) in [6.07, 6.45) is 18.2. The Kier molecular flexibility index (Phi) is 9.89. The number of benzene rings is 3. The minimum absolute atomic E-state index is 0.898. The number of pyridine rings is 1. The van der Waals surface area contributed by atoms with Crippen molar-refractivity contribution >= 4 is 124 Å². The third-order valence-corrected chi connectivity index (χ3v) is 17.0. The summed E-state index contributed by atoms with van der Waals surface area (Å²) in [5, 5.41) is 7.42. The molecule has 0 aliphatic carbocycles. The molecule has 9 heteroatoms. The van der Waals surface area contributed by atoms with Crippen LogP contribution >= 0.6 is 94.1 Å². The summed E-state index contributed by atoms with van der Waals surface area (Å²) in [6, 6.07) is 17.1. The number of thioether (sulfide) groups is 8. The highest BCUT2D eigenvalue weighted by Crippen LogP contribution is 2.58. The third kappa shape index (κ3) is 5.93. The molecule has 0 saturated heterocycles. The molecule has 2 aliphatic rings. The monoisotopic (exact) mass is 689 g/mol. The van der Waals surface area contributed by atoms with Crippen molar-refractivity contribution in [3.63, 3.8) is 0 Å². The summed E-state index contributed by atoms with van der Waals surface area (Å²) in [5.74, 6) is 9.64. The van der Waals surface area contributed by atoms with E-state index in [9.17, 15) is 0 Å². The normalized spacial score (nSPS) is 15.1. The van der Waals surface area contributed by atoms with Crippen LogP contribution in [0.5, 0.6) is 0 Å². The smallest absolute Gasteiger partial charge is 0.0657 e. The van der Waals surface area contributed by atoms with E-state index in [0.717, 1.165) is 16.7 Å². The van der Waals surface area contributed by atoms with Crippen LogP contribution in [0.3, 0.4) is 0 Å².